The Hall–Kier alpha value is -0.120. The molecule has 3 nitrogen and oxygen atoms in total. The van der Waals surface area contributed by atoms with Crippen LogP contribution in [0.4, 0.5) is 0 Å². The number of ether oxygens (including phenoxy) is 2. The highest BCUT2D eigenvalue weighted by atomic mass is 16.5. The monoisotopic (exact) mass is 147 g/mol. The van der Waals surface area contributed by atoms with E-state index in [0.29, 0.717) is 6.61 Å². The second-order valence-electron chi connectivity index (χ2n) is 2.48. The van der Waals surface area contributed by atoms with Crippen LogP contribution in [0.1, 0.15) is 20.3 Å². The van der Waals surface area contributed by atoms with Crippen molar-refractivity contribution in [1.29, 1.82) is 0 Å². The van der Waals surface area contributed by atoms with Gasteiger partial charge in [0, 0.05) is 13.5 Å². The fourth-order valence-electron chi connectivity index (χ4n) is 0.538. The Morgan fingerprint density at radius 2 is 2.00 bits per heavy atom. The van der Waals surface area contributed by atoms with Crippen molar-refractivity contribution >= 4 is 0 Å². The van der Waals surface area contributed by atoms with Gasteiger partial charge in [-0.05, 0) is 13.8 Å². The lowest BCUT2D eigenvalue weighted by atomic mass is 10.4. The molecule has 10 heavy (non-hydrogen) atoms. The predicted molar refractivity (Wildman–Crippen MR) is 40.7 cm³/mol. The zero-order valence-corrected chi connectivity index (χ0v) is 6.96. The van der Waals surface area contributed by atoms with E-state index in [0.717, 1.165) is 6.42 Å². The number of nitrogens with two attached hydrogens (primary N) is 1. The Morgan fingerprint density at radius 1 is 1.40 bits per heavy atom. The first kappa shape index (κ1) is 9.88. The second kappa shape index (κ2) is 5.65. The van der Waals surface area contributed by atoms with Crippen LogP contribution >= 0.6 is 0 Å². The van der Waals surface area contributed by atoms with Gasteiger partial charge in [-0.3, -0.25) is 0 Å². The smallest absolute Gasteiger partial charge is 0.107 e. The third-order valence-electron chi connectivity index (χ3n) is 1.16. The van der Waals surface area contributed by atoms with Crippen LogP contribution in [0.25, 0.3) is 0 Å². The molecule has 62 valence electrons. The molecule has 0 rings (SSSR count). The quantitative estimate of drug-likeness (QED) is 0.583. The maximum Gasteiger partial charge on any atom is 0.107 e. The molecule has 2 N–H and O–H groups in total. The van der Waals surface area contributed by atoms with Gasteiger partial charge in [0.2, 0.25) is 0 Å². The van der Waals surface area contributed by atoms with E-state index in [9.17, 15) is 0 Å². The molecule has 1 atom stereocenters. The summed E-state index contributed by atoms with van der Waals surface area (Å²) in [6.07, 6.45) is 0.858. The summed E-state index contributed by atoms with van der Waals surface area (Å²) < 4.78 is 10.1. The first-order valence-electron chi connectivity index (χ1n) is 3.56. The number of methoxy groups -OCH3 is 1. The maximum atomic E-state index is 5.46. The van der Waals surface area contributed by atoms with E-state index >= 15 is 0 Å². The van der Waals surface area contributed by atoms with Crippen molar-refractivity contribution in [1.82, 2.24) is 0 Å². The summed E-state index contributed by atoms with van der Waals surface area (Å²) in [5.41, 5.74) is 5.46. The molecule has 0 aromatic rings. The molecule has 0 radical (unpaired) electrons. The number of hydrogen-bond acceptors (Lipinski definition) is 3. The van der Waals surface area contributed by atoms with Crippen molar-refractivity contribution in [2.24, 2.45) is 5.73 Å². The van der Waals surface area contributed by atoms with Crippen molar-refractivity contribution in [3.05, 3.63) is 0 Å². The molecule has 1 unspecified atom stereocenters. The van der Waals surface area contributed by atoms with Crippen molar-refractivity contribution in [2.45, 2.75) is 32.6 Å². The molecule has 0 amide bonds. The Labute approximate surface area is 62.5 Å². The normalized spacial score (nSPS) is 14.1. The topological polar surface area (TPSA) is 44.5 Å². The van der Waals surface area contributed by atoms with E-state index in [1.54, 1.807) is 7.11 Å². The lowest BCUT2D eigenvalue weighted by Gasteiger charge is -2.11. The van der Waals surface area contributed by atoms with Gasteiger partial charge in [0.1, 0.15) is 6.23 Å². The SMILES string of the molecule is COC(N)CCOC(C)C. The third-order valence-corrected chi connectivity index (χ3v) is 1.16. The van der Waals surface area contributed by atoms with Crippen LogP contribution in [-0.4, -0.2) is 26.0 Å². The van der Waals surface area contributed by atoms with Crippen molar-refractivity contribution < 1.29 is 9.47 Å². The fraction of sp³-hybridized carbons (Fsp3) is 1.00. The largest absolute Gasteiger partial charge is 0.379 e. The summed E-state index contributed by atoms with van der Waals surface area (Å²) in [4.78, 5) is 0. The summed E-state index contributed by atoms with van der Waals surface area (Å²) in [5, 5.41) is 0. The minimum Gasteiger partial charge on any atom is -0.379 e. The lowest BCUT2D eigenvalue weighted by molar-refractivity contribution is 0.0316. The average molecular weight is 147 g/mol. The summed E-state index contributed by atoms with van der Waals surface area (Å²) in [6, 6.07) is 0. The Kier molecular flexibility index (Phi) is 5.58. The molecule has 0 aliphatic heterocycles. The van der Waals surface area contributed by atoms with Crippen LogP contribution in [0.3, 0.4) is 0 Å². The van der Waals surface area contributed by atoms with Gasteiger partial charge in [-0.2, -0.15) is 0 Å². The Balaban J connectivity index is 3.03. The standard InChI is InChI=1S/C7H17NO2/c1-6(2)10-5-4-7(8)9-3/h6-7H,4-5,8H2,1-3H3. The molecule has 0 aliphatic carbocycles. The molecule has 0 aromatic heterocycles. The summed E-state index contributed by atoms with van der Waals surface area (Å²) >= 11 is 0. The van der Waals surface area contributed by atoms with Crippen LogP contribution in [0.2, 0.25) is 0 Å². The first-order chi connectivity index (χ1) is 4.66. The van der Waals surface area contributed by atoms with Crippen molar-refractivity contribution in [3.63, 3.8) is 0 Å². The molecule has 0 aliphatic rings. The third kappa shape index (κ3) is 6.01. The molecule has 0 bridgehead atoms. The van der Waals surface area contributed by atoms with Gasteiger partial charge in [0.05, 0.1) is 12.7 Å². The predicted octanol–water partition coefficient (Wildman–Crippen LogP) is 0.733. The summed E-state index contributed by atoms with van der Waals surface area (Å²) in [5.74, 6) is 0. The zero-order valence-electron chi connectivity index (χ0n) is 6.96. The molecule has 0 heterocycles. The Bertz CT molecular complexity index is 76.0. The van der Waals surface area contributed by atoms with Crippen LogP contribution in [0.15, 0.2) is 0 Å². The van der Waals surface area contributed by atoms with Gasteiger partial charge in [0.25, 0.3) is 0 Å². The van der Waals surface area contributed by atoms with E-state index in [2.05, 4.69) is 0 Å². The fourth-order valence-corrected chi connectivity index (χ4v) is 0.538. The maximum absolute atomic E-state index is 5.46. The van der Waals surface area contributed by atoms with E-state index in [4.69, 9.17) is 15.2 Å². The highest BCUT2D eigenvalue weighted by molar-refractivity contribution is 4.46. The van der Waals surface area contributed by atoms with Crippen LogP contribution < -0.4 is 5.73 Å². The molecule has 0 fully saturated rings. The van der Waals surface area contributed by atoms with Crippen molar-refractivity contribution in [2.75, 3.05) is 13.7 Å². The van der Waals surface area contributed by atoms with Crippen molar-refractivity contribution in [3.8, 4) is 0 Å². The van der Waals surface area contributed by atoms with Gasteiger partial charge in [-0.15, -0.1) is 0 Å². The molecule has 0 spiro atoms. The molecule has 0 saturated carbocycles. The lowest BCUT2D eigenvalue weighted by Crippen LogP contribution is -2.24. The Morgan fingerprint density at radius 3 is 2.40 bits per heavy atom. The van der Waals surface area contributed by atoms with Gasteiger partial charge in [-0.25, -0.2) is 0 Å². The van der Waals surface area contributed by atoms with Gasteiger partial charge in [-0.1, -0.05) is 0 Å². The molecule has 0 aromatic carbocycles. The van der Waals surface area contributed by atoms with E-state index in [1.807, 2.05) is 13.8 Å². The molecule has 3 heteroatoms. The second-order valence-corrected chi connectivity index (χ2v) is 2.48. The number of hydrogen-bond donors (Lipinski definition) is 1. The van der Waals surface area contributed by atoms with E-state index in [-0.39, 0.29) is 12.3 Å². The molecular weight excluding hydrogens is 130 g/mol. The van der Waals surface area contributed by atoms with Crippen LogP contribution in [0.5, 0.6) is 0 Å². The average Bonchev–Trinajstić information content (AvgIpc) is 1.87. The van der Waals surface area contributed by atoms with E-state index in [1.165, 1.54) is 0 Å². The highest BCUT2D eigenvalue weighted by Gasteiger charge is 1.99. The minimum atomic E-state index is -0.182. The zero-order chi connectivity index (χ0) is 7.98. The highest BCUT2D eigenvalue weighted by Crippen LogP contribution is 1.93. The summed E-state index contributed by atoms with van der Waals surface area (Å²) in [6.45, 7) is 4.67. The first-order valence-corrected chi connectivity index (χ1v) is 3.56. The summed E-state index contributed by atoms with van der Waals surface area (Å²) in [7, 11) is 1.60. The molecule has 0 saturated heterocycles. The van der Waals surface area contributed by atoms with E-state index < -0.39 is 0 Å². The number of rotatable bonds is 5. The van der Waals surface area contributed by atoms with Gasteiger partial charge < -0.3 is 15.2 Å². The van der Waals surface area contributed by atoms with Gasteiger partial charge >= 0.3 is 0 Å². The minimum absolute atomic E-state index is 0.182. The van der Waals surface area contributed by atoms with Crippen LogP contribution in [0, 0.1) is 0 Å². The molecular formula is C7H17NO2. The van der Waals surface area contributed by atoms with Crippen LogP contribution in [-0.2, 0) is 9.47 Å². The van der Waals surface area contributed by atoms with Gasteiger partial charge in [0.15, 0.2) is 0 Å².